The predicted octanol–water partition coefficient (Wildman–Crippen LogP) is 1.43. The lowest BCUT2D eigenvalue weighted by Gasteiger charge is -2.02. The summed E-state index contributed by atoms with van der Waals surface area (Å²) >= 11 is 0. The summed E-state index contributed by atoms with van der Waals surface area (Å²) in [6.45, 7) is 1.75. The molecule has 0 bridgehead atoms. The average Bonchev–Trinajstić information content (AvgIpc) is 2.06. The molecule has 0 aliphatic rings. The Morgan fingerprint density at radius 1 is 1.21 bits per heavy atom. The second kappa shape index (κ2) is 4.16. The van der Waals surface area contributed by atoms with Gasteiger partial charge in [-0.25, -0.2) is 8.42 Å². The summed E-state index contributed by atoms with van der Waals surface area (Å²) in [5.74, 6) is 5.63. The molecule has 14 heavy (non-hydrogen) atoms. The van der Waals surface area contributed by atoms with E-state index in [1.807, 2.05) is 0 Å². The normalized spacial score (nSPS) is 10.1. The molecule has 0 heterocycles. The number of sulfonamides is 1. The summed E-state index contributed by atoms with van der Waals surface area (Å²) in [5.41, 5.74) is 1.42. The Kier molecular flexibility index (Phi) is 3.15. The highest BCUT2D eigenvalue weighted by atomic mass is 32.2. The first-order valence-corrected chi connectivity index (χ1v) is 5.91. The lowest BCUT2D eigenvalue weighted by atomic mass is 10.2. The van der Waals surface area contributed by atoms with Crippen LogP contribution in [0.1, 0.15) is 12.5 Å². The molecule has 0 radical (unpaired) electrons. The summed E-state index contributed by atoms with van der Waals surface area (Å²) in [4.78, 5) is 0. The van der Waals surface area contributed by atoms with Gasteiger partial charge in [0, 0.05) is 11.3 Å². The summed E-state index contributed by atoms with van der Waals surface area (Å²) in [6, 6.07) is 6.90. The largest absolute Gasteiger partial charge is 0.284 e. The van der Waals surface area contributed by atoms with Gasteiger partial charge in [-0.2, -0.15) is 0 Å². The first-order chi connectivity index (χ1) is 6.51. The molecule has 0 fully saturated rings. The minimum Gasteiger partial charge on any atom is -0.284 e. The van der Waals surface area contributed by atoms with Crippen molar-refractivity contribution >= 4 is 15.7 Å². The molecule has 0 aliphatic carbocycles. The highest BCUT2D eigenvalue weighted by molar-refractivity contribution is 7.92. The topological polar surface area (TPSA) is 46.2 Å². The van der Waals surface area contributed by atoms with E-state index in [9.17, 15) is 8.42 Å². The Hall–Kier alpha value is -1.47. The molecule has 0 amide bonds. The molecule has 0 aromatic heterocycles. The maximum Gasteiger partial charge on any atom is 0.229 e. The van der Waals surface area contributed by atoms with Gasteiger partial charge in [0.15, 0.2) is 0 Å². The maximum atomic E-state index is 10.9. The third-order valence-corrected chi connectivity index (χ3v) is 2.06. The summed E-state index contributed by atoms with van der Waals surface area (Å²) < 4.78 is 24.1. The van der Waals surface area contributed by atoms with E-state index in [4.69, 9.17) is 0 Å². The molecular formula is C10H11NO2S. The molecular weight excluding hydrogens is 198 g/mol. The van der Waals surface area contributed by atoms with E-state index in [1.165, 1.54) is 0 Å². The molecule has 1 aromatic rings. The summed E-state index contributed by atoms with van der Waals surface area (Å²) in [7, 11) is -3.19. The van der Waals surface area contributed by atoms with Crippen molar-refractivity contribution in [3.05, 3.63) is 29.8 Å². The molecule has 0 spiro atoms. The highest BCUT2D eigenvalue weighted by Crippen LogP contribution is 2.09. The van der Waals surface area contributed by atoms with E-state index in [0.717, 1.165) is 11.8 Å². The predicted molar refractivity (Wildman–Crippen MR) is 57.5 cm³/mol. The van der Waals surface area contributed by atoms with E-state index < -0.39 is 10.0 Å². The second-order valence-electron chi connectivity index (χ2n) is 2.83. The van der Waals surface area contributed by atoms with Crippen LogP contribution in [-0.4, -0.2) is 14.7 Å². The fourth-order valence-electron chi connectivity index (χ4n) is 0.980. The molecule has 0 saturated heterocycles. The highest BCUT2D eigenvalue weighted by Gasteiger charge is 2.00. The number of hydrogen-bond acceptors (Lipinski definition) is 2. The fourth-order valence-corrected chi connectivity index (χ4v) is 1.54. The Labute approximate surface area is 84.2 Å². The zero-order valence-electron chi connectivity index (χ0n) is 8.03. The quantitative estimate of drug-likeness (QED) is 0.749. The summed E-state index contributed by atoms with van der Waals surface area (Å²) in [5, 5.41) is 0. The molecule has 0 saturated carbocycles. The van der Waals surface area contributed by atoms with Crippen LogP contribution in [-0.2, 0) is 10.0 Å². The first-order valence-electron chi connectivity index (χ1n) is 4.02. The Morgan fingerprint density at radius 3 is 2.21 bits per heavy atom. The van der Waals surface area contributed by atoms with Crippen molar-refractivity contribution < 1.29 is 8.42 Å². The van der Waals surface area contributed by atoms with Crippen LogP contribution in [0.15, 0.2) is 24.3 Å². The van der Waals surface area contributed by atoms with Crippen LogP contribution in [0.5, 0.6) is 0 Å². The number of benzene rings is 1. The van der Waals surface area contributed by atoms with Gasteiger partial charge in [0.25, 0.3) is 0 Å². The molecule has 0 atom stereocenters. The second-order valence-corrected chi connectivity index (χ2v) is 4.58. The van der Waals surface area contributed by atoms with Crippen LogP contribution in [0.3, 0.4) is 0 Å². The molecule has 4 heteroatoms. The fraction of sp³-hybridized carbons (Fsp3) is 0.200. The van der Waals surface area contributed by atoms with E-state index in [2.05, 4.69) is 16.6 Å². The van der Waals surface area contributed by atoms with Crippen molar-refractivity contribution in [3.63, 3.8) is 0 Å². The zero-order chi connectivity index (χ0) is 10.6. The van der Waals surface area contributed by atoms with Crippen molar-refractivity contribution in [2.75, 3.05) is 11.0 Å². The smallest absolute Gasteiger partial charge is 0.229 e. The van der Waals surface area contributed by atoms with Crippen molar-refractivity contribution in [2.45, 2.75) is 6.92 Å². The molecule has 74 valence electrons. The molecule has 0 unspecified atom stereocenters. The minimum absolute atomic E-state index is 0.550. The number of anilines is 1. The van der Waals surface area contributed by atoms with Gasteiger partial charge in [0.2, 0.25) is 10.0 Å². The van der Waals surface area contributed by atoms with E-state index in [-0.39, 0.29) is 0 Å². The monoisotopic (exact) mass is 209 g/mol. The first kappa shape index (κ1) is 10.6. The SMILES string of the molecule is CC#Cc1ccc(NS(C)(=O)=O)cc1. The van der Waals surface area contributed by atoms with Gasteiger partial charge in [-0.15, -0.1) is 5.92 Å². The molecule has 1 rings (SSSR count). The van der Waals surface area contributed by atoms with Crippen LogP contribution in [0.2, 0.25) is 0 Å². The standard InChI is InChI=1S/C10H11NO2S/c1-3-4-9-5-7-10(8-6-9)11-14(2,12)13/h5-8,11H,1-2H3. The Morgan fingerprint density at radius 2 is 1.79 bits per heavy atom. The van der Waals surface area contributed by atoms with Crippen LogP contribution >= 0.6 is 0 Å². The van der Waals surface area contributed by atoms with Gasteiger partial charge in [0.05, 0.1) is 6.26 Å². The van der Waals surface area contributed by atoms with Crippen LogP contribution < -0.4 is 4.72 Å². The van der Waals surface area contributed by atoms with Gasteiger partial charge in [0.1, 0.15) is 0 Å². The van der Waals surface area contributed by atoms with Crippen molar-refractivity contribution in [1.82, 2.24) is 0 Å². The van der Waals surface area contributed by atoms with Crippen molar-refractivity contribution in [1.29, 1.82) is 0 Å². The van der Waals surface area contributed by atoms with E-state index in [0.29, 0.717) is 5.69 Å². The van der Waals surface area contributed by atoms with E-state index >= 15 is 0 Å². The number of hydrogen-bond donors (Lipinski definition) is 1. The summed E-state index contributed by atoms with van der Waals surface area (Å²) in [6.07, 6.45) is 1.12. The lowest BCUT2D eigenvalue weighted by molar-refractivity contribution is 0.607. The van der Waals surface area contributed by atoms with Gasteiger partial charge in [-0.05, 0) is 31.2 Å². The van der Waals surface area contributed by atoms with E-state index in [1.54, 1.807) is 31.2 Å². The van der Waals surface area contributed by atoms with Gasteiger partial charge >= 0.3 is 0 Å². The number of rotatable bonds is 2. The lowest BCUT2D eigenvalue weighted by Crippen LogP contribution is -2.09. The van der Waals surface area contributed by atoms with Crippen molar-refractivity contribution in [2.24, 2.45) is 0 Å². The minimum atomic E-state index is -3.19. The third-order valence-electron chi connectivity index (χ3n) is 1.46. The van der Waals surface area contributed by atoms with Crippen LogP contribution in [0, 0.1) is 11.8 Å². The van der Waals surface area contributed by atoms with Crippen molar-refractivity contribution in [3.8, 4) is 11.8 Å². The third kappa shape index (κ3) is 3.50. The Bertz CT molecular complexity index is 463. The molecule has 3 nitrogen and oxygen atoms in total. The van der Waals surface area contributed by atoms with Gasteiger partial charge < -0.3 is 0 Å². The molecule has 0 aliphatic heterocycles. The van der Waals surface area contributed by atoms with Crippen LogP contribution in [0.4, 0.5) is 5.69 Å². The van der Waals surface area contributed by atoms with Gasteiger partial charge in [-0.3, -0.25) is 4.72 Å². The molecule has 1 N–H and O–H groups in total. The zero-order valence-corrected chi connectivity index (χ0v) is 8.85. The number of nitrogens with one attached hydrogen (secondary N) is 1. The average molecular weight is 209 g/mol. The van der Waals surface area contributed by atoms with Gasteiger partial charge in [-0.1, -0.05) is 5.92 Å². The maximum absolute atomic E-state index is 10.9. The Balaban J connectivity index is 2.88. The van der Waals surface area contributed by atoms with Crippen LogP contribution in [0.25, 0.3) is 0 Å². The molecule has 1 aromatic carbocycles.